The summed E-state index contributed by atoms with van der Waals surface area (Å²) >= 11 is 0. The van der Waals surface area contributed by atoms with E-state index in [0.29, 0.717) is 24.8 Å². The lowest BCUT2D eigenvalue weighted by Crippen LogP contribution is -2.50. The lowest BCUT2D eigenvalue weighted by molar-refractivity contribution is -0.137. The van der Waals surface area contributed by atoms with E-state index in [4.69, 9.17) is 0 Å². The fourth-order valence-electron chi connectivity index (χ4n) is 4.39. The Morgan fingerprint density at radius 3 is 2.93 bits per heavy atom. The maximum absolute atomic E-state index is 13.0. The number of aromatic amines is 1. The number of carbonyl (C=O) groups is 2. The van der Waals surface area contributed by atoms with Crippen molar-refractivity contribution in [2.75, 3.05) is 33.2 Å². The summed E-state index contributed by atoms with van der Waals surface area (Å²) in [6.45, 7) is 3.42. The first kappa shape index (κ1) is 19.8. The molecule has 1 saturated carbocycles. The molecule has 2 fully saturated rings. The number of imidazole rings is 1. The van der Waals surface area contributed by atoms with Gasteiger partial charge in [0.25, 0.3) is 5.91 Å². The third-order valence-electron chi connectivity index (χ3n) is 6.19. The zero-order chi connectivity index (χ0) is 20.4. The molecule has 29 heavy (non-hydrogen) atoms. The second-order valence-corrected chi connectivity index (χ2v) is 8.27. The first-order valence-electron chi connectivity index (χ1n) is 10.4. The largest absolute Gasteiger partial charge is 0.391 e. The molecule has 0 radical (unpaired) electrons. The monoisotopic (exact) mass is 399 g/mol. The number of aliphatic hydroxyl groups excluding tert-OH is 1. The number of fused-ring (bicyclic) bond motifs is 1. The molecule has 2 heterocycles. The van der Waals surface area contributed by atoms with Gasteiger partial charge in [-0.25, -0.2) is 4.98 Å². The number of H-pyrrole nitrogens is 1. The number of rotatable bonds is 3. The first-order chi connectivity index (χ1) is 14.0. The van der Waals surface area contributed by atoms with E-state index in [1.165, 1.54) is 0 Å². The highest BCUT2D eigenvalue weighted by Gasteiger charge is 2.36. The first-order valence-corrected chi connectivity index (χ1v) is 10.4. The third-order valence-corrected chi connectivity index (χ3v) is 6.19. The number of carbonyl (C=O) groups excluding carboxylic acids is 2. The number of likely N-dealkylation sites (N-methyl/N-ethyl adjacent to an activating group) is 1. The lowest BCUT2D eigenvalue weighted by atomic mass is 9.82. The fourth-order valence-corrected chi connectivity index (χ4v) is 4.39. The Labute approximate surface area is 170 Å². The van der Waals surface area contributed by atoms with Crippen molar-refractivity contribution in [3.63, 3.8) is 0 Å². The Hall–Kier alpha value is -2.45. The van der Waals surface area contributed by atoms with Gasteiger partial charge in [0.1, 0.15) is 0 Å². The Morgan fingerprint density at radius 2 is 2.07 bits per heavy atom. The highest BCUT2D eigenvalue weighted by molar-refractivity contribution is 5.97. The van der Waals surface area contributed by atoms with E-state index in [-0.39, 0.29) is 17.7 Å². The molecular formula is C21H29N5O3. The molecule has 1 aliphatic carbocycles. The van der Waals surface area contributed by atoms with Crippen LogP contribution in [0.3, 0.4) is 0 Å². The highest BCUT2D eigenvalue weighted by Crippen LogP contribution is 2.27. The maximum Gasteiger partial charge on any atom is 0.251 e. The van der Waals surface area contributed by atoms with Gasteiger partial charge in [-0.15, -0.1) is 0 Å². The van der Waals surface area contributed by atoms with Crippen LogP contribution in [0.1, 0.15) is 36.0 Å². The summed E-state index contributed by atoms with van der Waals surface area (Å²) in [7, 11) is 2.08. The van der Waals surface area contributed by atoms with Gasteiger partial charge >= 0.3 is 0 Å². The summed E-state index contributed by atoms with van der Waals surface area (Å²) in [5.41, 5.74) is 2.10. The van der Waals surface area contributed by atoms with Crippen molar-refractivity contribution in [2.24, 2.45) is 5.92 Å². The Kier molecular flexibility index (Phi) is 5.82. The van der Waals surface area contributed by atoms with Crippen molar-refractivity contribution in [2.45, 2.75) is 37.8 Å². The standard InChI is InChI=1S/C21H29N5O3/c1-25-7-2-8-26(10-9-25)21(29)15-4-6-19(27)18(12-15)24-20(28)14-3-5-16-17(11-14)23-13-22-16/h3,5,11,13,15,18-19,27H,2,4,6-10,12H2,1H3,(H,22,23)(H,24,28)/t15-,18+,19+/m0/s1. The molecule has 2 amide bonds. The fraction of sp³-hybridized carbons (Fsp3) is 0.571. The van der Waals surface area contributed by atoms with Crippen molar-refractivity contribution < 1.29 is 14.7 Å². The molecule has 0 unspecified atom stereocenters. The zero-order valence-corrected chi connectivity index (χ0v) is 16.8. The molecule has 1 aliphatic heterocycles. The van der Waals surface area contributed by atoms with E-state index in [1.807, 2.05) is 4.90 Å². The number of aliphatic hydroxyl groups is 1. The number of hydrogen-bond donors (Lipinski definition) is 3. The van der Waals surface area contributed by atoms with Gasteiger partial charge in [-0.05, 0) is 57.5 Å². The molecular weight excluding hydrogens is 370 g/mol. The summed E-state index contributed by atoms with van der Waals surface area (Å²) < 4.78 is 0. The molecule has 8 heteroatoms. The minimum absolute atomic E-state index is 0.151. The van der Waals surface area contributed by atoms with Gasteiger partial charge in [-0.1, -0.05) is 0 Å². The van der Waals surface area contributed by atoms with Crippen molar-refractivity contribution in [1.29, 1.82) is 0 Å². The average Bonchev–Trinajstić information content (AvgIpc) is 3.08. The quantitative estimate of drug-likeness (QED) is 0.714. The van der Waals surface area contributed by atoms with E-state index in [1.54, 1.807) is 24.5 Å². The topological polar surface area (TPSA) is 102 Å². The van der Waals surface area contributed by atoms with Crippen LogP contribution in [0.2, 0.25) is 0 Å². The third kappa shape index (κ3) is 4.43. The van der Waals surface area contributed by atoms with E-state index in [2.05, 4.69) is 27.2 Å². The second-order valence-electron chi connectivity index (χ2n) is 8.27. The van der Waals surface area contributed by atoms with E-state index in [0.717, 1.165) is 43.6 Å². The summed E-state index contributed by atoms with van der Waals surface area (Å²) in [6.07, 6.45) is 3.61. The van der Waals surface area contributed by atoms with Crippen molar-refractivity contribution in [1.82, 2.24) is 25.1 Å². The van der Waals surface area contributed by atoms with Gasteiger partial charge < -0.3 is 25.2 Å². The molecule has 2 aliphatic rings. The smallest absolute Gasteiger partial charge is 0.251 e. The molecule has 3 atom stereocenters. The molecule has 8 nitrogen and oxygen atoms in total. The minimum Gasteiger partial charge on any atom is -0.391 e. The van der Waals surface area contributed by atoms with Gasteiger partial charge in [0.15, 0.2) is 0 Å². The van der Waals surface area contributed by atoms with Crippen LogP contribution < -0.4 is 5.32 Å². The molecule has 1 aromatic heterocycles. The van der Waals surface area contributed by atoms with Crippen LogP contribution >= 0.6 is 0 Å². The van der Waals surface area contributed by atoms with Crippen LogP contribution in [0, 0.1) is 5.92 Å². The Balaban J connectivity index is 1.40. The Morgan fingerprint density at radius 1 is 1.21 bits per heavy atom. The van der Waals surface area contributed by atoms with Gasteiger partial charge in [-0.2, -0.15) is 0 Å². The number of nitrogens with one attached hydrogen (secondary N) is 2. The van der Waals surface area contributed by atoms with Crippen LogP contribution in [0.15, 0.2) is 24.5 Å². The maximum atomic E-state index is 13.0. The summed E-state index contributed by atoms with van der Waals surface area (Å²) in [6, 6.07) is 4.85. The molecule has 156 valence electrons. The van der Waals surface area contributed by atoms with Crippen molar-refractivity contribution >= 4 is 22.8 Å². The van der Waals surface area contributed by atoms with Crippen LogP contribution in [0.5, 0.6) is 0 Å². The zero-order valence-electron chi connectivity index (χ0n) is 16.8. The molecule has 2 aromatic rings. The predicted octanol–water partition coefficient (Wildman–Crippen LogP) is 0.986. The summed E-state index contributed by atoms with van der Waals surface area (Å²) in [5, 5.41) is 13.4. The average molecular weight is 399 g/mol. The summed E-state index contributed by atoms with van der Waals surface area (Å²) in [5.74, 6) is -0.234. The van der Waals surface area contributed by atoms with E-state index < -0.39 is 12.1 Å². The molecule has 3 N–H and O–H groups in total. The summed E-state index contributed by atoms with van der Waals surface area (Å²) in [4.78, 5) is 37.1. The number of amides is 2. The van der Waals surface area contributed by atoms with Crippen LogP contribution in [-0.4, -0.2) is 82.1 Å². The molecule has 0 spiro atoms. The normalized spacial score (nSPS) is 26.3. The Bertz CT molecular complexity index is 882. The molecule has 4 rings (SSSR count). The minimum atomic E-state index is -0.630. The van der Waals surface area contributed by atoms with Gasteiger partial charge in [0.05, 0.1) is 29.5 Å². The van der Waals surface area contributed by atoms with Crippen LogP contribution in [-0.2, 0) is 4.79 Å². The second kappa shape index (κ2) is 8.51. The SMILES string of the molecule is CN1CCCN(C(=O)[C@H]2CC[C@@H](O)[C@H](NC(=O)c3ccc4nc[nH]c4c3)C2)CC1. The lowest BCUT2D eigenvalue weighted by Gasteiger charge is -2.35. The van der Waals surface area contributed by atoms with Crippen molar-refractivity contribution in [3.05, 3.63) is 30.1 Å². The van der Waals surface area contributed by atoms with Gasteiger partial charge in [-0.3, -0.25) is 9.59 Å². The van der Waals surface area contributed by atoms with Crippen LogP contribution in [0.25, 0.3) is 11.0 Å². The van der Waals surface area contributed by atoms with E-state index >= 15 is 0 Å². The van der Waals surface area contributed by atoms with E-state index in [9.17, 15) is 14.7 Å². The molecule has 0 bridgehead atoms. The number of benzene rings is 1. The van der Waals surface area contributed by atoms with Gasteiger partial charge in [0, 0.05) is 31.1 Å². The van der Waals surface area contributed by atoms with Gasteiger partial charge in [0.2, 0.25) is 5.91 Å². The number of hydrogen-bond acceptors (Lipinski definition) is 5. The molecule has 1 aromatic carbocycles. The number of nitrogens with zero attached hydrogens (tertiary/aromatic N) is 3. The highest BCUT2D eigenvalue weighted by atomic mass is 16.3. The molecule has 1 saturated heterocycles. The number of aromatic nitrogens is 2. The van der Waals surface area contributed by atoms with Crippen molar-refractivity contribution in [3.8, 4) is 0 Å². The predicted molar refractivity (Wildman–Crippen MR) is 109 cm³/mol. The van der Waals surface area contributed by atoms with Crippen LogP contribution in [0.4, 0.5) is 0 Å².